The first-order chi connectivity index (χ1) is 12.5. The van der Waals surface area contributed by atoms with Gasteiger partial charge in [-0.3, -0.25) is 4.79 Å². The number of rotatable bonds is 6. The Morgan fingerprint density at radius 1 is 0.846 bits per heavy atom. The standard InChI is InChI=1S/C20H14Cl2O4/c21-16-7-8-19(17(22)10-16)25-12-20(24)26-11-18(23)15-6-5-13-3-1-2-4-14(13)9-15/h1-10H,11-12H2. The van der Waals surface area contributed by atoms with Crippen LogP contribution in [0.25, 0.3) is 10.8 Å². The van der Waals surface area contributed by atoms with E-state index in [1.165, 1.54) is 6.07 Å². The summed E-state index contributed by atoms with van der Waals surface area (Å²) in [4.78, 5) is 24.0. The third kappa shape index (κ3) is 4.54. The number of fused-ring (bicyclic) bond motifs is 1. The predicted molar refractivity (Wildman–Crippen MR) is 101 cm³/mol. The van der Waals surface area contributed by atoms with Crippen molar-refractivity contribution in [2.24, 2.45) is 0 Å². The summed E-state index contributed by atoms with van der Waals surface area (Å²) in [6.45, 7) is -0.707. The number of ether oxygens (including phenoxy) is 2. The van der Waals surface area contributed by atoms with E-state index >= 15 is 0 Å². The molecule has 4 nitrogen and oxygen atoms in total. The molecule has 3 aromatic carbocycles. The van der Waals surface area contributed by atoms with Crippen molar-refractivity contribution in [3.8, 4) is 5.75 Å². The van der Waals surface area contributed by atoms with Crippen LogP contribution < -0.4 is 4.74 Å². The zero-order valence-electron chi connectivity index (χ0n) is 13.6. The van der Waals surface area contributed by atoms with Crippen molar-refractivity contribution in [1.82, 2.24) is 0 Å². The van der Waals surface area contributed by atoms with Crippen LogP contribution in [0.3, 0.4) is 0 Å². The van der Waals surface area contributed by atoms with Gasteiger partial charge in [-0.05, 0) is 35.0 Å². The van der Waals surface area contributed by atoms with Gasteiger partial charge in [-0.15, -0.1) is 0 Å². The summed E-state index contributed by atoms with van der Waals surface area (Å²) in [5.41, 5.74) is 0.484. The van der Waals surface area contributed by atoms with Gasteiger partial charge in [0, 0.05) is 10.6 Å². The first-order valence-corrected chi connectivity index (χ1v) is 8.54. The van der Waals surface area contributed by atoms with Crippen molar-refractivity contribution in [2.45, 2.75) is 0 Å². The normalized spacial score (nSPS) is 10.5. The summed E-state index contributed by atoms with van der Waals surface area (Å²) < 4.78 is 10.2. The van der Waals surface area contributed by atoms with E-state index in [2.05, 4.69) is 0 Å². The van der Waals surface area contributed by atoms with Gasteiger partial charge in [0.2, 0.25) is 0 Å². The van der Waals surface area contributed by atoms with E-state index in [-0.39, 0.29) is 24.0 Å². The van der Waals surface area contributed by atoms with E-state index in [0.717, 1.165) is 10.8 Å². The number of hydrogen-bond donors (Lipinski definition) is 0. The average Bonchev–Trinajstić information content (AvgIpc) is 2.65. The SMILES string of the molecule is O=C(COc1ccc(Cl)cc1Cl)OCC(=O)c1ccc2ccccc2c1. The number of benzene rings is 3. The molecule has 0 spiro atoms. The minimum absolute atomic E-state index is 0.284. The third-order valence-corrected chi connectivity index (χ3v) is 4.21. The molecule has 3 aromatic rings. The van der Waals surface area contributed by atoms with E-state index in [9.17, 15) is 9.59 Å². The Bertz CT molecular complexity index is 969. The van der Waals surface area contributed by atoms with Gasteiger partial charge in [0.25, 0.3) is 0 Å². The second kappa shape index (κ2) is 8.21. The molecule has 0 aromatic heterocycles. The van der Waals surface area contributed by atoms with Gasteiger partial charge in [-0.25, -0.2) is 4.79 Å². The number of Topliss-reactive ketones (excluding diaryl/α,β-unsaturated/α-hetero) is 1. The first-order valence-electron chi connectivity index (χ1n) is 7.78. The van der Waals surface area contributed by atoms with Gasteiger partial charge >= 0.3 is 5.97 Å². The zero-order valence-corrected chi connectivity index (χ0v) is 15.1. The Balaban J connectivity index is 1.54. The van der Waals surface area contributed by atoms with E-state index in [1.54, 1.807) is 24.3 Å². The molecule has 0 N–H and O–H groups in total. The summed E-state index contributed by atoms with van der Waals surface area (Å²) >= 11 is 11.7. The third-order valence-electron chi connectivity index (χ3n) is 3.68. The van der Waals surface area contributed by atoms with Crippen LogP contribution in [0, 0.1) is 0 Å². The first kappa shape index (κ1) is 18.2. The van der Waals surface area contributed by atoms with Crippen molar-refractivity contribution < 1.29 is 19.1 Å². The zero-order chi connectivity index (χ0) is 18.5. The number of carbonyl (C=O) groups is 2. The molecule has 0 unspecified atom stereocenters. The Morgan fingerprint density at radius 2 is 1.62 bits per heavy atom. The molecular formula is C20H14Cl2O4. The fourth-order valence-corrected chi connectivity index (χ4v) is 2.83. The van der Waals surface area contributed by atoms with Gasteiger partial charge in [0.05, 0.1) is 5.02 Å². The highest BCUT2D eigenvalue weighted by Gasteiger charge is 2.12. The minimum atomic E-state index is -0.662. The number of halogens is 2. The molecule has 0 bridgehead atoms. The lowest BCUT2D eigenvalue weighted by molar-refractivity contribution is -0.144. The van der Waals surface area contributed by atoms with Crippen molar-refractivity contribution in [3.63, 3.8) is 0 Å². The molecule has 3 rings (SSSR count). The molecule has 0 aliphatic heterocycles. The summed E-state index contributed by atoms with van der Waals surface area (Å²) in [6.07, 6.45) is 0. The molecule has 0 heterocycles. The molecule has 0 saturated carbocycles. The molecule has 0 aliphatic rings. The van der Waals surface area contributed by atoms with Crippen LogP contribution in [0.4, 0.5) is 0 Å². The van der Waals surface area contributed by atoms with Crippen LogP contribution in [-0.2, 0) is 9.53 Å². The summed E-state index contributed by atoms with van der Waals surface area (Å²) in [5, 5.41) is 2.74. The minimum Gasteiger partial charge on any atom is -0.480 e. The monoisotopic (exact) mass is 388 g/mol. The second-order valence-corrected chi connectivity index (χ2v) is 6.35. The number of esters is 1. The Labute approximate surface area is 160 Å². The van der Waals surface area contributed by atoms with Crippen molar-refractivity contribution in [3.05, 3.63) is 76.3 Å². The Hall–Kier alpha value is -2.56. The molecule has 0 saturated heterocycles. The van der Waals surface area contributed by atoms with Crippen LogP contribution in [0.5, 0.6) is 5.75 Å². The summed E-state index contributed by atoms with van der Waals surface area (Å²) in [6, 6.07) is 17.7. The van der Waals surface area contributed by atoms with Crippen molar-refractivity contribution in [1.29, 1.82) is 0 Å². The maximum atomic E-state index is 12.2. The van der Waals surface area contributed by atoms with Gasteiger partial charge in [-0.2, -0.15) is 0 Å². The van der Waals surface area contributed by atoms with E-state index in [1.807, 2.05) is 30.3 Å². The smallest absolute Gasteiger partial charge is 0.344 e. The fraction of sp³-hybridized carbons (Fsp3) is 0.100. The maximum absolute atomic E-state index is 12.2. The second-order valence-electron chi connectivity index (χ2n) is 5.51. The maximum Gasteiger partial charge on any atom is 0.344 e. The molecule has 26 heavy (non-hydrogen) atoms. The molecular weight excluding hydrogens is 375 g/mol. The Kier molecular flexibility index (Phi) is 5.76. The molecule has 0 atom stereocenters. The van der Waals surface area contributed by atoms with Gasteiger partial charge in [0.1, 0.15) is 5.75 Å². The van der Waals surface area contributed by atoms with Crippen LogP contribution in [0.1, 0.15) is 10.4 Å². The highest BCUT2D eigenvalue weighted by Crippen LogP contribution is 2.27. The fourth-order valence-electron chi connectivity index (χ4n) is 2.36. The van der Waals surface area contributed by atoms with Crippen LogP contribution in [0.15, 0.2) is 60.7 Å². The average molecular weight is 389 g/mol. The lowest BCUT2D eigenvalue weighted by Gasteiger charge is -2.08. The lowest BCUT2D eigenvalue weighted by Crippen LogP contribution is -2.19. The quantitative estimate of drug-likeness (QED) is 0.442. The topological polar surface area (TPSA) is 52.6 Å². The summed E-state index contributed by atoms with van der Waals surface area (Å²) in [5.74, 6) is -0.632. The number of hydrogen-bond acceptors (Lipinski definition) is 4. The molecule has 0 fully saturated rings. The molecule has 0 aliphatic carbocycles. The van der Waals surface area contributed by atoms with E-state index in [4.69, 9.17) is 32.7 Å². The van der Waals surface area contributed by atoms with Gasteiger partial charge in [0.15, 0.2) is 19.0 Å². The largest absolute Gasteiger partial charge is 0.480 e. The molecule has 6 heteroatoms. The van der Waals surface area contributed by atoms with E-state index < -0.39 is 5.97 Å². The van der Waals surface area contributed by atoms with Gasteiger partial charge < -0.3 is 9.47 Å². The molecule has 0 amide bonds. The summed E-state index contributed by atoms with van der Waals surface area (Å²) in [7, 11) is 0. The highest BCUT2D eigenvalue weighted by atomic mass is 35.5. The van der Waals surface area contributed by atoms with Crippen LogP contribution >= 0.6 is 23.2 Å². The lowest BCUT2D eigenvalue weighted by atomic mass is 10.0. The van der Waals surface area contributed by atoms with Crippen molar-refractivity contribution >= 4 is 45.7 Å². The Morgan fingerprint density at radius 3 is 2.38 bits per heavy atom. The molecule has 0 radical (unpaired) electrons. The predicted octanol–water partition coefficient (Wildman–Crippen LogP) is 4.95. The number of carbonyl (C=O) groups excluding carboxylic acids is 2. The van der Waals surface area contributed by atoms with Crippen LogP contribution in [-0.4, -0.2) is 25.0 Å². The van der Waals surface area contributed by atoms with Crippen molar-refractivity contribution in [2.75, 3.05) is 13.2 Å². The van der Waals surface area contributed by atoms with Gasteiger partial charge in [-0.1, -0.05) is 59.6 Å². The van der Waals surface area contributed by atoms with E-state index in [0.29, 0.717) is 16.3 Å². The molecule has 132 valence electrons. The number of ketones is 1. The highest BCUT2D eigenvalue weighted by molar-refractivity contribution is 6.35. The van der Waals surface area contributed by atoms with Crippen LogP contribution in [0.2, 0.25) is 10.0 Å².